The molecule has 0 spiro atoms. The largest absolute Gasteiger partial charge is 0.480 e. The maximum absolute atomic E-state index is 5.99. The molecule has 0 aliphatic heterocycles. The molecule has 1 aliphatic rings. The number of pyridine rings is 1. The average molecular weight is 328 g/mol. The predicted octanol–water partition coefficient (Wildman–Crippen LogP) is 2.82. The van der Waals surface area contributed by atoms with Gasteiger partial charge in [-0.25, -0.2) is 9.97 Å². The van der Waals surface area contributed by atoms with Crippen LogP contribution in [0.4, 0.5) is 23.1 Å². The van der Waals surface area contributed by atoms with Gasteiger partial charge in [-0.3, -0.25) is 0 Å². The van der Waals surface area contributed by atoms with Crippen molar-refractivity contribution < 1.29 is 4.74 Å². The Morgan fingerprint density at radius 1 is 1.17 bits per heavy atom. The number of aryl methyl sites for hydroxylation is 1. The molecule has 2 aromatic rings. The van der Waals surface area contributed by atoms with Crippen LogP contribution < -0.4 is 21.1 Å². The molecule has 0 unspecified atom stereocenters. The van der Waals surface area contributed by atoms with Crippen molar-refractivity contribution in [3.05, 3.63) is 24.0 Å². The van der Waals surface area contributed by atoms with Crippen LogP contribution in [0.15, 0.2) is 18.3 Å². The lowest BCUT2D eigenvalue weighted by Gasteiger charge is -2.35. The van der Waals surface area contributed by atoms with Crippen molar-refractivity contribution in [1.29, 1.82) is 0 Å². The number of aromatic nitrogens is 3. The Morgan fingerprint density at radius 3 is 2.58 bits per heavy atom. The molecule has 2 heterocycles. The highest BCUT2D eigenvalue weighted by Crippen LogP contribution is 2.37. The van der Waals surface area contributed by atoms with Crippen LogP contribution in [-0.4, -0.2) is 28.1 Å². The molecule has 24 heavy (non-hydrogen) atoms. The van der Waals surface area contributed by atoms with Crippen molar-refractivity contribution in [3.63, 3.8) is 0 Å². The van der Waals surface area contributed by atoms with E-state index >= 15 is 0 Å². The van der Waals surface area contributed by atoms with Crippen molar-refractivity contribution >= 4 is 23.1 Å². The first-order chi connectivity index (χ1) is 11.6. The summed E-state index contributed by atoms with van der Waals surface area (Å²) in [5.74, 6) is 1.42. The summed E-state index contributed by atoms with van der Waals surface area (Å²) in [6.07, 6.45) is 7.50. The standard InChI is InChI=1S/C17H24N6O/c1-11-14(18)15(19)22-17(21-11)23(12-7-4-3-5-8-12)13-9-6-10-20-16(13)24-2/h6,9-10,12H,3-5,7-8,18H2,1-2H3,(H2,19,21,22). The van der Waals surface area contributed by atoms with E-state index < -0.39 is 0 Å². The lowest BCUT2D eigenvalue weighted by atomic mass is 9.94. The minimum Gasteiger partial charge on any atom is -0.480 e. The van der Waals surface area contributed by atoms with Gasteiger partial charge in [-0.05, 0) is 31.9 Å². The second-order valence-corrected chi connectivity index (χ2v) is 6.10. The SMILES string of the molecule is COc1ncccc1N(c1nc(C)c(N)c(N)n1)C1CCCCC1. The number of rotatable bonds is 4. The van der Waals surface area contributed by atoms with Gasteiger partial charge < -0.3 is 21.1 Å². The average Bonchev–Trinajstić information content (AvgIpc) is 2.61. The molecule has 0 amide bonds. The summed E-state index contributed by atoms with van der Waals surface area (Å²) >= 11 is 0. The number of nitrogen functional groups attached to an aromatic ring is 2. The Morgan fingerprint density at radius 2 is 1.92 bits per heavy atom. The third kappa shape index (κ3) is 3.06. The van der Waals surface area contributed by atoms with E-state index in [1.54, 1.807) is 13.3 Å². The fourth-order valence-electron chi connectivity index (χ4n) is 3.23. The normalized spacial score (nSPS) is 15.2. The van der Waals surface area contributed by atoms with Gasteiger partial charge in [0.2, 0.25) is 11.8 Å². The van der Waals surface area contributed by atoms with E-state index in [0.29, 0.717) is 35.1 Å². The zero-order valence-corrected chi connectivity index (χ0v) is 14.2. The summed E-state index contributed by atoms with van der Waals surface area (Å²) < 4.78 is 5.46. The minimum atomic E-state index is 0.291. The topological polar surface area (TPSA) is 103 Å². The van der Waals surface area contributed by atoms with Crippen LogP contribution in [0.1, 0.15) is 37.8 Å². The van der Waals surface area contributed by atoms with Crippen LogP contribution in [0.2, 0.25) is 0 Å². The van der Waals surface area contributed by atoms with Crippen LogP contribution in [0.3, 0.4) is 0 Å². The number of hydrogen-bond acceptors (Lipinski definition) is 7. The maximum atomic E-state index is 5.99. The monoisotopic (exact) mass is 328 g/mol. The summed E-state index contributed by atoms with van der Waals surface area (Å²) in [6.45, 7) is 1.84. The molecular weight excluding hydrogens is 304 g/mol. The molecule has 4 N–H and O–H groups in total. The molecule has 3 rings (SSSR count). The minimum absolute atomic E-state index is 0.291. The molecule has 128 valence electrons. The molecule has 7 heteroatoms. The van der Waals surface area contributed by atoms with E-state index in [1.165, 1.54) is 19.3 Å². The number of ether oxygens (including phenoxy) is 1. The molecule has 0 atom stereocenters. The van der Waals surface area contributed by atoms with Crippen molar-refractivity contribution in [2.45, 2.75) is 45.1 Å². The summed E-state index contributed by atoms with van der Waals surface area (Å²) in [6, 6.07) is 4.16. The molecular formula is C17H24N6O. The first-order valence-corrected chi connectivity index (χ1v) is 8.29. The fraction of sp³-hybridized carbons (Fsp3) is 0.471. The van der Waals surface area contributed by atoms with Gasteiger partial charge in [-0.2, -0.15) is 4.98 Å². The molecule has 7 nitrogen and oxygen atoms in total. The highest BCUT2D eigenvalue weighted by atomic mass is 16.5. The number of anilines is 4. The number of hydrogen-bond donors (Lipinski definition) is 2. The second-order valence-electron chi connectivity index (χ2n) is 6.10. The Bertz CT molecular complexity index is 691. The van der Waals surface area contributed by atoms with Crippen LogP contribution in [0.25, 0.3) is 0 Å². The van der Waals surface area contributed by atoms with Gasteiger partial charge in [0, 0.05) is 12.2 Å². The first-order valence-electron chi connectivity index (χ1n) is 8.29. The maximum Gasteiger partial charge on any atom is 0.237 e. The van der Waals surface area contributed by atoms with Crippen molar-refractivity contribution in [1.82, 2.24) is 15.0 Å². The van der Waals surface area contributed by atoms with Crippen LogP contribution in [0, 0.1) is 6.92 Å². The third-order valence-electron chi connectivity index (χ3n) is 4.51. The van der Waals surface area contributed by atoms with Crippen molar-refractivity contribution in [3.8, 4) is 5.88 Å². The van der Waals surface area contributed by atoms with Crippen molar-refractivity contribution in [2.24, 2.45) is 0 Å². The molecule has 1 saturated carbocycles. The zero-order valence-electron chi connectivity index (χ0n) is 14.2. The zero-order chi connectivity index (χ0) is 17.1. The number of nitrogens with two attached hydrogens (primary N) is 2. The van der Waals surface area contributed by atoms with Gasteiger partial charge in [-0.1, -0.05) is 19.3 Å². The van der Waals surface area contributed by atoms with Crippen LogP contribution in [-0.2, 0) is 0 Å². The molecule has 1 aliphatic carbocycles. The molecule has 0 saturated heterocycles. The van der Waals surface area contributed by atoms with Gasteiger partial charge in [0.15, 0.2) is 5.82 Å². The van der Waals surface area contributed by atoms with Crippen LogP contribution in [0.5, 0.6) is 5.88 Å². The predicted molar refractivity (Wildman–Crippen MR) is 95.4 cm³/mol. The quantitative estimate of drug-likeness (QED) is 0.889. The van der Waals surface area contributed by atoms with Gasteiger partial charge in [0.1, 0.15) is 5.69 Å². The van der Waals surface area contributed by atoms with E-state index in [-0.39, 0.29) is 0 Å². The van der Waals surface area contributed by atoms with E-state index in [2.05, 4.69) is 19.9 Å². The van der Waals surface area contributed by atoms with E-state index in [0.717, 1.165) is 18.5 Å². The van der Waals surface area contributed by atoms with Crippen molar-refractivity contribution in [2.75, 3.05) is 23.5 Å². The summed E-state index contributed by atoms with van der Waals surface area (Å²) in [5.41, 5.74) is 13.9. The van der Waals surface area contributed by atoms with Gasteiger partial charge in [-0.15, -0.1) is 0 Å². The Balaban J connectivity index is 2.11. The molecule has 0 bridgehead atoms. The van der Waals surface area contributed by atoms with E-state index in [1.807, 2.05) is 19.1 Å². The third-order valence-corrected chi connectivity index (χ3v) is 4.51. The number of nitrogens with zero attached hydrogens (tertiary/aromatic N) is 4. The summed E-state index contributed by atoms with van der Waals surface area (Å²) in [5, 5.41) is 0. The highest BCUT2D eigenvalue weighted by molar-refractivity contribution is 5.68. The lowest BCUT2D eigenvalue weighted by molar-refractivity contribution is 0.390. The molecule has 2 aromatic heterocycles. The molecule has 1 fully saturated rings. The number of methoxy groups -OCH3 is 1. The fourth-order valence-corrected chi connectivity index (χ4v) is 3.23. The van der Waals surface area contributed by atoms with E-state index in [4.69, 9.17) is 16.2 Å². The van der Waals surface area contributed by atoms with Gasteiger partial charge in [0.25, 0.3) is 0 Å². The summed E-state index contributed by atoms with van der Waals surface area (Å²) in [4.78, 5) is 15.5. The second kappa shape index (κ2) is 6.90. The summed E-state index contributed by atoms with van der Waals surface area (Å²) in [7, 11) is 1.62. The highest BCUT2D eigenvalue weighted by Gasteiger charge is 2.28. The Kier molecular flexibility index (Phi) is 4.69. The lowest BCUT2D eigenvalue weighted by Crippen LogP contribution is -2.35. The van der Waals surface area contributed by atoms with E-state index in [9.17, 15) is 0 Å². The molecule has 0 radical (unpaired) electrons. The first kappa shape index (κ1) is 16.3. The Hall–Kier alpha value is -2.57. The Labute approximate surface area is 142 Å². The smallest absolute Gasteiger partial charge is 0.237 e. The van der Waals surface area contributed by atoms with Gasteiger partial charge >= 0.3 is 0 Å². The molecule has 0 aromatic carbocycles. The van der Waals surface area contributed by atoms with Gasteiger partial charge in [0.05, 0.1) is 18.5 Å². The van der Waals surface area contributed by atoms with Crippen LogP contribution >= 0.6 is 0 Å².